The number of allylic oxidation sites excluding steroid dienone is 1. The molecule has 1 aromatic rings. The van der Waals surface area contributed by atoms with Crippen molar-refractivity contribution in [3.05, 3.63) is 29.4 Å². The van der Waals surface area contributed by atoms with Crippen LogP contribution in [0, 0.1) is 5.92 Å². The number of nitrogens with zero attached hydrogens (tertiary/aromatic N) is 5. The maximum atomic E-state index is 5.14. The molecule has 1 saturated heterocycles. The molecule has 4 rings (SSSR count). The van der Waals surface area contributed by atoms with Crippen LogP contribution in [0.5, 0.6) is 0 Å². The highest BCUT2D eigenvalue weighted by molar-refractivity contribution is 5.30. The summed E-state index contributed by atoms with van der Waals surface area (Å²) in [4.78, 5) is 12.9. The van der Waals surface area contributed by atoms with Crippen molar-refractivity contribution in [2.24, 2.45) is 5.92 Å². The second-order valence-corrected chi connectivity index (χ2v) is 8.36. The van der Waals surface area contributed by atoms with Gasteiger partial charge in [-0.1, -0.05) is 26.0 Å². The Morgan fingerprint density at radius 3 is 2.63 bits per heavy atom. The molecule has 0 aromatic carbocycles. The molecule has 2 fully saturated rings. The zero-order chi connectivity index (χ0) is 19.0. The van der Waals surface area contributed by atoms with Gasteiger partial charge in [-0.25, -0.2) is 4.98 Å². The van der Waals surface area contributed by atoms with Gasteiger partial charge in [-0.3, -0.25) is 9.80 Å². The molecule has 150 valence electrons. The van der Waals surface area contributed by atoms with Crippen molar-refractivity contribution >= 4 is 0 Å². The smallest absolute Gasteiger partial charge is 0.114 e. The van der Waals surface area contributed by atoms with Crippen LogP contribution >= 0.6 is 0 Å². The first kappa shape index (κ1) is 19.1. The summed E-state index contributed by atoms with van der Waals surface area (Å²) in [6.45, 7) is 13.2. The van der Waals surface area contributed by atoms with Crippen LogP contribution in [-0.2, 0) is 25.2 Å². The van der Waals surface area contributed by atoms with E-state index < -0.39 is 0 Å². The van der Waals surface area contributed by atoms with Crippen LogP contribution in [0.3, 0.4) is 0 Å². The van der Waals surface area contributed by atoms with Gasteiger partial charge in [0.2, 0.25) is 0 Å². The molecular formula is C21H36N6. The SMILES string of the molecule is CCN(CC)Cc1c(CNC)nc2n1C1(N3CCN(C)CC3)CC1C=CC2. The minimum absolute atomic E-state index is 0.130. The first-order valence-electron chi connectivity index (χ1n) is 10.7. The number of hydrogen-bond acceptors (Lipinski definition) is 5. The molecular weight excluding hydrogens is 336 g/mol. The van der Waals surface area contributed by atoms with Gasteiger partial charge >= 0.3 is 0 Å². The van der Waals surface area contributed by atoms with Crippen molar-refractivity contribution in [2.75, 3.05) is 53.4 Å². The van der Waals surface area contributed by atoms with Crippen molar-refractivity contribution in [1.82, 2.24) is 29.6 Å². The quantitative estimate of drug-likeness (QED) is 0.734. The number of hydrogen-bond donors (Lipinski definition) is 1. The highest BCUT2D eigenvalue weighted by Gasteiger charge is 2.60. The Balaban J connectivity index is 1.76. The molecule has 3 heterocycles. The molecule has 3 aliphatic rings. The lowest BCUT2D eigenvalue weighted by Crippen LogP contribution is -2.52. The van der Waals surface area contributed by atoms with E-state index in [2.05, 4.69) is 57.6 Å². The lowest BCUT2D eigenvalue weighted by Gasteiger charge is -2.41. The Hall–Kier alpha value is -1.21. The van der Waals surface area contributed by atoms with Gasteiger partial charge in [0, 0.05) is 51.6 Å². The lowest BCUT2D eigenvalue weighted by molar-refractivity contribution is 0.0472. The molecule has 0 spiro atoms. The average molecular weight is 373 g/mol. The number of nitrogens with one attached hydrogen (secondary N) is 1. The minimum atomic E-state index is 0.130. The monoisotopic (exact) mass is 372 g/mol. The minimum Gasteiger partial charge on any atom is -0.314 e. The van der Waals surface area contributed by atoms with Gasteiger partial charge in [0.1, 0.15) is 11.5 Å². The van der Waals surface area contributed by atoms with Crippen LogP contribution in [0.1, 0.15) is 37.5 Å². The predicted molar refractivity (Wildman–Crippen MR) is 110 cm³/mol. The van der Waals surface area contributed by atoms with Gasteiger partial charge in [-0.15, -0.1) is 0 Å². The van der Waals surface area contributed by atoms with Gasteiger partial charge in [0.15, 0.2) is 0 Å². The summed E-state index contributed by atoms with van der Waals surface area (Å²) in [5.41, 5.74) is 2.81. The fourth-order valence-corrected chi connectivity index (χ4v) is 5.06. The molecule has 6 heteroatoms. The van der Waals surface area contributed by atoms with E-state index in [9.17, 15) is 0 Å². The van der Waals surface area contributed by atoms with Crippen molar-refractivity contribution in [3.63, 3.8) is 0 Å². The average Bonchev–Trinajstić information content (AvgIpc) is 3.32. The molecule has 1 aromatic heterocycles. The highest BCUT2D eigenvalue weighted by atomic mass is 15.4. The largest absolute Gasteiger partial charge is 0.314 e. The van der Waals surface area contributed by atoms with Crippen LogP contribution in [0.2, 0.25) is 0 Å². The van der Waals surface area contributed by atoms with E-state index in [4.69, 9.17) is 4.98 Å². The maximum Gasteiger partial charge on any atom is 0.114 e. The van der Waals surface area contributed by atoms with E-state index >= 15 is 0 Å². The summed E-state index contributed by atoms with van der Waals surface area (Å²) in [6, 6.07) is 0. The topological polar surface area (TPSA) is 39.6 Å². The summed E-state index contributed by atoms with van der Waals surface area (Å²) < 4.78 is 2.67. The van der Waals surface area contributed by atoms with Crippen LogP contribution in [-0.4, -0.2) is 77.6 Å². The molecule has 0 bridgehead atoms. The third-order valence-corrected chi connectivity index (χ3v) is 6.80. The maximum absolute atomic E-state index is 5.14. The van der Waals surface area contributed by atoms with Crippen LogP contribution in [0.25, 0.3) is 0 Å². The molecule has 1 saturated carbocycles. The number of piperazine rings is 1. The van der Waals surface area contributed by atoms with E-state index in [1.165, 1.54) is 23.6 Å². The van der Waals surface area contributed by atoms with Crippen LogP contribution < -0.4 is 5.32 Å². The molecule has 1 aliphatic carbocycles. The third-order valence-electron chi connectivity index (χ3n) is 6.80. The number of aromatic nitrogens is 2. The first-order chi connectivity index (χ1) is 13.1. The van der Waals surface area contributed by atoms with E-state index in [-0.39, 0.29) is 5.66 Å². The van der Waals surface area contributed by atoms with Gasteiger partial charge in [-0.05, 0) is 33.6 Å². The Morgan fingerprint density at radius 1 is 1.22 bits per heavy atom. The fraction of sp³-hybridized carbons (Fsp3) is 0.762. The highest BCUT2D eigenvalue weighted by Crippen LogP contribution is 2.56. The standard InChI is InChI=1S/C21H36N6/c1-5-25(6-2)16-19-18(15-22-3)23-20-9-7-8-17-14-21(17,27(19)20)26-12-10-24(4)11-13-26/h7-8,17,22H,5-6,9-16H2,1-4H3. The molecule has 27 heavy (non-hydrogen) atoms. The van der Waals surface area contributed by atoms with Crippen molar-refractivity contribution in [3.8, 4) is 0 Å². The molecule has 1 N–H and O–H groups in total. The zero-order valence-corrected chi connectivity index (χ0v) is 17.5. The Kier molecular flexibility index (Phi) is 5.43. The third kappa shape index (κ3) is 3.27. The van der Waals surface area contributed by atoms with Gasteiger partial charge in [0.05, 0.1) is 11.4 Å². The Bertz CT molecular complexity index is 683. The molecule has 0 radical (unpaired) electrons. The fourth-order valence-electron chi connectivity index (χ4n) is 5.06. The van der Waals surface area contributed by atoms with Crippen molar-refractivity contribution in [2.45, 2.75) is 45.4 Å². The normalized spacial score (nSPS) is 28.3. The van der Waals surface area contributed by atoms with E-state index in [1.807, 2.05) is 7.05 Å². The zero-order valence-electron chi connectivity index (χ0n) is 17.5. The lowest BCUT2D eigenvalue weighted by atomic mass is 10.2. The molecule has 0 amide bonds. The second-order valence-electron chi connectivity index (χ2n) is 8.36. The summed E-state index contributed by atoms with van der Waals surface area (Å²) in [6.07, 6.45) is 7.02. The summed E-state index contributed by atoms with van der Waals surface area (Å²) >= 11 is 0. The molecule has 2 atom stereocenters. The summed E-state index contributed by atoms with van der Waals surface area (Å²) in [5, 5.41) is 3.35. The van der Waals surface area contributed by atoms with E-state index in [1.54, 1.807) is 0 Å². The van der Waals surface area contributed by atoms with E-state index in [0.717, 1.165) is 58.8 Å². The number of imidazole rings is 1. The Morgan fingerprint density at radius 2 is 1.96 bits per heavy atom. The Labute approximate surface area is 164 Å². The van der Waals surface area contributed by atoms with Crippen molar-refractivity contribution in [1.29, 1.82) is 0 Å². The predicted octanol–water partition coefficient (Wildman–Crippen LogP) is 1.48. The summed E-state index contributed by atoms with van der Waals surface area (Å²) in [7, 11) is 4.27. The van der Waals surface area contributed by atoms with Gasteiger partial charge < -0.3 is 14.8 Å². The van der Waals surface area contributed by atoms with Crippen LogP contribution in [0.4, 0.5) is 0 Å². The first-order valence-corrected chi connectivity index (χ1v) is 10.7. The molecule has 2 aliphatic heterocycles. The number of likely N-dealkylation sites (N-methyl/N-ethyl adjacent to an activating group) is 1. The van der Waals surface area contributed by atoms with Crippen LogP contribution in [0.15, 0.2) is 12.2 Å². The second kappa shape index (κ2) is 7.66. The number of rotatable bonds is 7. The summed E-state index contributed by atoms with van der Waals surface area (Å²) in [5.74, 6) is 1.90. The molecule has 6 nitrogen and oxygen atoms in total. The van der Waals surface area contributed by atoms with Crippen molar-refractivity contribution < 1.29 is 0 Å². The van der Waals surface area contributed by atoms with Gasteiger partial charge in [0.25, 0.3) is 0 Å². The number of fused-ring (bicyclic) bond motifs is 3. The molecule has 2 unspecified atom stereocenters. The van der Waals surface area contributed by atoms with E-state index in [0.29, 0.717) is 5.92 Å². The van der Waals surface area contributed by atoms with Gasteiger partial charge in [-0.2, -0.15) is 0 Å².